The fraction of sp³-hybridized carbons (Fsp3) is 0.435. The third-order valence-electron chi connectivity index (χ3n) is 6.16. The van der Waals surface area contributed by atoms with Crippen LogP contribution in [0.2, 0.25) is 0 Å². The highest BCUT2D eigenvalue weighted by atomic mass is 32.2. The lowest BCUT2D eigenvalue weighted by molar-refractivity contribution is 0.0697. The number of carbonyl (C=O) groups excluding carboxylic acids is 1. The summed E-state index contributed by atoms with van der Waals surface area (Å²) in [7, 11) is -7.01. The second-order valence-corrected chi connectivity index (χ2v) is 12.6. The molecule has 4 rings (SSSR count). The third-order valence-corrected chi connectivity index (χ3v) is 9.83. The van der Waals surface area contributed by atoms with E-state index >= 15 is 0 Å². The molecule has 2 unspecified atom stereocenters. The second-order valence-electron chi connectivity index (χ2n) is 8.57. The van der Waals surface area contributed by atoms with Crippen LogP contribution in [0.15, 0.2) is 53.4 Å². The molecule has 1 amide bonds. The number of carbonyl (C=O) groups is 1. The van der Waals surface area contributed by atoms with Crippen molar-refractivity contribution in [3.8, 4) is 0 Å². The molecule has 2 aliphatic rings. The molecule has 0 radical (unpaired) electrons. The Kier molecular flexibility index (Phi) is 6.06. The fourth-order valence-corrected chi connectivity index (χ4v) is 8.15. The van der Waals surface area contributed by atoms with Gasteiger partial charge in [-0.3, -0.25) is 9.10 Å². The van der Waals surface area contributed by atoms with Crippen molar-refractivity contribution in [1.82, 2.24) is 4.90 Å². The molecule has 32 heavy (non-hydrogen) atoms. The molecule has 0 aliphatic carbocycles. The average Bonchev–Trinajstić information content (AvgIpc) is 3.29. The molecule has 1 saturated heterocycles. The zero-order valence-electron chi connectivity index (χ0n) is 18.3. The first-order valence-corrected chi connectivity index (χ1v) is 14.1. The van der Waals surface area contributed by atoms with E-state index in [1.807, 2.05) is 32.0 Å². The molecule has 172 valence electrons. The Balaban J connectivity index is 1.66. The molecular formula is C23H28N2O5S2. The van der Waals surface area contributed by atoms with E-state index in [1.165, 1.54) is 16.4 Å². The molecule has 1 fully saturated rings. The van der Waals surface area contributed by atoms with Crippen molar-refractivity contribution in [1.29, 1.82) is 0 Å². The van der Waals surface area contributed by atoms with Crippen LogP contribution in [0.25, 0.3) is 0 Å². The minimum Gasteiger partial charge on any atom is -0.335 e. The number of para-hydroxylation sites is 1. The zero-order valence-corrected chi connectivity index (χ0v) is 19.9. The molecule has 0 N–H and O–H groups in total. The third kappa shape index (κ3) is 4.15. The average molecular weight is 477 g/mol. The number of benzene rings is 2. The summed E-state index contributed by atoms with van der Waals surface area (Å²) >= 11 is 0. The summed E-state index contributed by atoms with van der Waals surface area (Å²) in [6, 6.07) is 12.9. The van der Waals surface area contributed by atoms with E-state index in [9.17, 15) is 21.6 Å². The van der Waals surface area contributed by atoms with Crippen molar-refractivity contribution in [3.05, 3.63) is 59.7 Å². The van der Waals surface area contributed by atoms with Gasteiger partial charge in [0.1, 0.15) is 0 Å². The molecular weight excluding hydrogens is 448 g/mol. The van der Waals surface area contributed by atoms with Crippen molar-refractivity contribution in [2.24, 2.45) is 0 Å². The van der Waals surface area contributed by atoms with E-state index < -0.39 is 19.9 Å². The standard InChI is InChI=1S/C23H28N2O5S2/c1-3-12-24(20-11-13-31(27,28)16-20)23(26)19-8-6-9-21(15-19)32(29,30)25-17(2)14-18-7-4-5-10-22(18)25/h4-10,15,17,20H,3,11-14,16H2,1-2H3. The number of sulfonamides is 1. The smallest absolute Gasteiger partial charge is 0.264 e. The summed E-state index contributed by atoms with van der Waals surface area (Å²) in [6.07, 6.45) is 1.73. The molecule has 2 heterocycles. The van der Waals surface area contributed by atoms with Crippen LogP contribution in [0.1, 0.15) is 42.6 Å². The molecule has 2 aromatic carbocycles. The van der Waals surface area contributed by atoms with Gasteiger partial charge in [0.25, 0.3) is 15.9 Å². The summed E-state index contributed by atoms with van der Waals surface area (Å²) in [5, 5.41) is 0. The number of sulfone groups is 1. The predicted molar refractivity (Wildman–Crippen MR) is 124 cm³/mol. The summed E-state index contributed by atoms with van der Waals surface area (Å²) in [6.45, 7) is 4.22. The van der Waals surface area contributed by atoms with Crippen molar-refractivity contribution in [2.75, 3.05) is 22.4 Å². The normalized spacial score (nSPS) is 22.0. The van der Waals surface area contributed by atoms with Gasteiger partial charge in [0.15, 0.2) is 9.84 Å². The van der Waals surface area contributed by atoms with E-state index in [0.717, 1.165) is 5.56 Å². The van der Waals surface area contributed by atoms with Crippen LogP contribution in [0.4, 0.5) is 5.69 Å². The molecule has 2 aliphatic heterocycles. The van der Waals surface area contributed by atoms with Gasteiger partial charge in [0.2, 0.25) is 0 Å². The van der Waals surface area contributed by atoms with Gasteiger partial charge in [-0.25, -0.2) is 16.8 Å². The first kappa shape index (κ1) is 22.8. The molecule has 0 saturated carbocycles. The lowest BCUT2D eigenvalue weighted by Crippen LogP contribution is -2.41. The Bertz CT molecular complexity index is 1240. The summed E-state index contributed by atoms with van der Waals surface area (Å²) in [5.74, 6) is -0.300. The van der Waals surface area contributed by atoms with Crippen LogP contribution in [0.5, 0.6) is 0 Å². The van der Waals surface area contributed by atoms with Crippen molar-refractivity contribution >= 4 is 31.5 Å². The molecule has 0 spiro atoms. The first-order chi connectivity index (χ1) is 15.1. The number of fused-ring (bicyclic) bond motifs is 1. The lowest BCUT2D eigenvalue weighted by atomic mass is 10.1. The topological polar surface area (TPSA) is 91.8 Å². The number of hydrogen-bond acceptors (Lipinski definition) is 5. The highest BCUT2D eigenvalue weighted by molar-refractivity contribution is 7.93. The number of nitrogens with zero attached hydrogens (tertiary/aromatic N) is 2. The minimum atomic E-state index is -3.87. The molecule has 2 aromatic rings. The summed E-state index contributed by atoms with van der Waals surface area (Å²) in [5.41, 5.74) is 1.90. The Morgan fingerprint density at radius 2 is 1.91 bits per heavy atom. The molecule has 0 bridgehead atoms. The van der Waals surface area contributed by atoms with Crippen molar-refractivity contribution < 1.29 is 21.6 Å². The van der Waals surface area contributed by atoms with E-state index in [4.69, 9.17) is 0 Å². The maximum Gasteiger partial charge on any atom is 0.264 e. The number of amides is 1. The lowest BCUT2D eigenvalue weighted by Gasteiger charge is -2.28. The van der Waals surface area contributed by atoms with Crippen molar-refractivity contribution in [3.63, 3.8) is 0 Å². The van der Waals surface area contributed by atoms with Gasteiger partial charge in [0.05, 0.1) is 22.1 Å². The van der Waals surface area contributed by atoms with Gasteiger partial charge in [-0.15, -0.1) is 0 Å². The van der Waals surface area contributed by atoms with Crippen LogP contribution in [-0.2, 0) is 26.3 Å². The van der Waals surface area contributed by atoms with Crippen molar-refractivity contribution in [2.45, 2.75) is 50.1 Å². The Morgan fingerprint density at radius 1 is 1.16 bits per heavy atom. The monoisotopic (exact) mass is 476 g/mol. The van der Waals surface area contributed by atoms with Gasteiger partial charge in [-0.2, -0.15) is 0 Å². The quantitative estimate of drug-likeness (QED) is 0.639. The molecule has 7 nitrogen and oxygen atoms in total. The van der Waals surface area contributed by atoms with Crippen LogP contribution in [0.3, 0.4) is 0 Å². The fourth-order valence-electron chi connectivity index (χ4n) is 4.68. The maximum atomic E-state index is 13.5. The van der Waals surface area contributed by atoms with Crippen LogP contribution in [0, 0.1) is 0 Å². The van der Waals surface area contributed by atoms with Gasteiger partial charge in [-0.1, -0.05) is 31.2 Å². The van der Waals surface area contributed by atoms with E-state index in [0.29, 0.717) is 31.5 Å². The highest BCUT2D eigenvalue weighted by Gasteiger charge is 2.37. The SMILES string of the molecule is CCCN(C(=O)c1cccc(S(=O)(=O)N2c3ccccc3CC2C)c1)C1CCS(=O)(=O)C1. The Morgan fingerprint density at radius 3 is 2.59 bits per heavy atom. The predicted octanol–water partition coefficient (Wildman–Crippen LogP) is 2.87. The van der Waals surface area contributed by atoms with Crippen LogP contribution >= 0.6 is 0 Å². The summed E-state index contributed by atoms with van der Waals surface area (Å²) in [4.78, 5) is 15.0. The molecule has 9 heteroatoms. The van der Waals surface area contributed by atoms with E-state index in [1.54, 1.807) is 23.1 Å². The number of rotatable bonds is 6. The number of hydrogen-bond donors (Lipinski definition) is 0. The highest BCUT2D eigenvalue weighted by Crippen LogP contribution is 2.36. The Hall–Kier alpha value is -2.39. The Labute approximate surface area is 190 Å². The van der Waals surface area contributed by atoms with Crippen LogP contribution < -0.4 is 4.31 Å². The largest absolute Gasteiger partial charge is 0.335 e. The van der Waals surface area contributed by atoms with Crippen LogP contribution in [-0.4, -0.2) is 57.8 Å². The van der Waals surface area contributed by atoms with Gasteiger partial charge in [-0.05, 0) is 56.0 Å². The van der Waals surface area contributed by atoms with Gasteiger partial charge < -0.3 is 4.90 Å². The zero-order chi connectivity index (χ0) is 23.1. The minimum absolute atomic E-state index is 0.0429. The van der Waals surface area contributed by atoms with E-state index in [-0.39, 0.29) is 40.0 Å². The van der Waals surface area contributed by atoms with E-state index in [2.05, 4.69) is 0 Å². The first-order valence-electron chi connectivity index (χ1n) is 10.9. The molecule has 2 atom stereocenters. The second kappa shape index (κ2) is 8.51. The van der Waals surface area contributed by atoms with Gasteiger partial charge in [0, 0.05) is 24.2 Å². The van der Waals surface area contributed by atoms with Gasteiger partial charge >= 0.3 is 0 Å². The number of anilines is 1. The molecule has 0 aromatic heterocycles. The maximum absolute atomic E-state index is 13.5. The summed E-state index contributed by atoms with van der Waals surface area (Å²) < 4.78 is 52.4.